The summed E-state index contributed by atoms with van der Waals surface area (Å²) in [5.74, 6) is 4.03. The fourth-order valence-electron chi connectivity index (χ4n) is 7.24. The standard InChI is InChI=1S/C30H30N6O3.C30H21N3O3/c31-28(32)22-1-7-25(8-2-22)37-16-19-13-20(17-38-26-9-3-23(4-10-26)29(33)34)15-21(14-19)18-39-27-11-5-24(6-12-27)30(35)36;1-33-27-6-12-30(13-7-27)36-21-26-15-24(19-34-28-8-2-22(17-31)3-9-28)14-25(16-26)20-35-29-10-4-23(18-32)5-11-29/h1-15H,16-18H2,(H3,31,32)(H3,33,34)(H3,35,36);2-16H,19-21H2. The first-order chi connectivity index (χ1) is 36.4. The smallest absolute Gasteiger partial charge is 0.187 e. The van der Waals surface area contributed by atoms with Crippen molar-refractivity contribution >= 4 is 23.2 Å². The van der Waals surface area contributed by atoms with Crippen LogP contribution in [0, 0.1) is 45.5 Å². The summed E-state index contributed by atoms with van der Waals surface area (Å²) in [5, 5.41) is 40.6. The van der Waals surface area contributed by atoms with Crippen LogP contribution in [-0.2, 0) is 39.6 Å². The van der Waals surface area contributed by atoms with E-state index in [9.17, 15) is 0 Å². The lowest BCUT2D eigenvalue weighted by atomic mass is 10.1. The van der Waals surface area contributed by atoms with E-state index in [4.69, 9.17) is 78.9 Å². The van der Waals surface area contributed by atoms with Crippen molar-refractivity contribution in [1.82, 2.24) is 0 Å². The molecule has 75 heavy (non-hydrogen) atoms. The minimum atomic E-state index is 0.00533. The SMILES string of the molecule is N=C(N)c1ccc(OCc2cc(COc3ccc(C(=N)N)cc3)cc(COc3ccc(C(=N)N)cc3)c2)cc1.[C-]#[N+]c1ccc(OCc2cc(COc3ccc(C#N)cc3)cc(COc3ccc(C#N)cc3)c2)cc1. The monoisotopic (exact) mass is 993 g/mol. The highest BCUT2D eigenvalue weighted by atomic mass is 16.5. The van der Waals surface area contributed by atoms with Crippen molar-refractivity contribution in [3.63, 3.8) is 0 Å². The lowest BCUT2D eigenvalue weighted by Gasteiger charge is -2.14. The summed E-state index contributed by atoms with van der Waals surface area (Å²) in [6, 6.07) is 58.4. The van der Waals surface area contributed by atoms with Gasteiger partial charge in [0.05, 0.1) is 29.8 Å². The predicted molar refractivity (Wildman–Crippen MR) is 286 cm³/mol. The molecule has 0 aliphatic carbocycles. The molecule has 0 spiro atoms. The molecule has 15 nitrogen and oxygen atoms in total. The molecule has 0 aliphatic heterocycles. The second kappa shape index (κ2) is 26.1. The number of nitrogen functional groups attached to an aromatic ring is 3. The molecule has 0 aliphatic rings. The van der Waals surface area contributed by atoms with E-state index in [-0.39, 0.29) is 17.5 Å². The van der Waals surface area contributed by atoms with Gasteiger partial charge in [0.1, 0.15) is 91.6 Å². The largest absolute Gasteiger partial charge is 0.489 e. The minimum Gasteiger partial charge on any atom is -0.489 e. The number of hydrogen-bond acceptors (Lipinski definition) is 11. The van der Waals surface area contributed by atoms with Crippen LogP contribution in [0.2, 0.25) is 0 Å². The van der Waals surface area contributed by atoms with E-state index in [1.54, 1.807) is 146 Å². The zero-order valence-corrected chi connectivity index (χ0v) is 40.6. The van der Waals surface area contributed by atoms with Crippen LogP contribution >= 0.6 is 0 Å². The third kappa shape index (κ3) is 16.2. The molecule has 0 amide bonds. The number of hydrogen-bond donors (Lipinski definition) is 6. The van der Waals surface area contributed by atoms with E-state index in [0.29, 0.717) is 108 Å². The fourth-order valence-corrected chi connectivity index (χ4v) is 7.24. The van der Waals surface area contributed by atoms with Crippen molar-refractivity contribution in [1.29, 1.82) is 26.8 Å². The summed E-state index contributed by atoms with van der Waals surface area (Å²) in [5.41, 5.74) is 25.9. The molecule has 8 aromatic rings. The molecule has 372 valence electrons. The first kappa shape index (κ1) is 52.3. The van der Waals surface area contributed by atoms with Crippen LogP contribution in [0.15, 0.2) is 182 Å². The molecule has 0 bridgehead atoms. The lowest BCUT2D eigenvalue weighted by molar-refractivity contribution is 0.293. The summed E-state index contributed by atoms with van der Waals surface area (Å²) in [4.78, 5) is 3.40. The van der Waals surface area contributed by atoms with Crippen molar-refractivity contribution in [2.24, 2.45) is 17.2 Å². The van der Waals surface area contributed by atoms with Crippen molar-refractivity contribution in [2.45, 2.75) is 39.6 Å². The van der Waals surface area contributed by atoms with Gasteiger partial charge in [0, 0.05) is 16.7 Å². The molecule has 8 rings (SSSR count). The predicted octanol–water partition coefficient (Wildman–Crippen LogP) is 11.0. The van der Waals surface area contributed by atoms with Gasteiger partial charge in [0.15, 0.2) is 5.69 Å². The normalized spacial score (nSPS) is 10.2. The minimum absolute atomic E-state index is 0.00533. The van der Waals surface area contributed by atoms with E-state index in [0.717, 1.165) is 33.4 Å². The Morgan fingerprint density at radius 3 is 0.747 bits per heavy atom. The van der Waals surface area contributed by atoms with Crippen LogP contribution < -0.4 is 45.6 Å². The summed E-state index contributed by atoms with van der Waals surface area (Å²) in [6.45, 7) is 9.05. The average Bonchev–Trinajstić information content (AvgIpc) is 3.44. The molecular formula is C60H51N9O6. The Hall–Kier alpha value is -10.6. The van der Waals surface area contributed by atoms with Crippen LogP contribution in [0.3, 0.4) is 0 Å². The number of nitrogens with one attached hydrogen (secondary N) is 3. The summed E-state index contributed by atoms with van der Waals surface area (Å²) >= 11 is 0. The third-order valence-electron chi connectivity index (χ3n) is 11.1. The van der Waals surface area contributed by atoms with Gasteiger partial charge < -0.3 is 45.6 Å². The van der Waals surface area contributed by atoms with Crippen molar-refractivity contribution in [3.05, 3.63) is 255 Å². The number of ether oxygens (including phenoxy) is 6. The van der Waals surface area contributed by atoms with Gasteiger partial charge in [0.25, 0.3) is 0 Å². The molecule has 0 saturated heterocycles. The highest BCUT2D eigenvalue weighted by molar-refractivity contribution is 5.96. The number of benzene rings is 8. The molecule has 0 heterocycles. The first-order valence-corrected chi connectivity index (χ1v) is 23.2. The quantitative estimate of drug-likeness (QED) is 0.0224. The van der Waals surface area contributed by atoms with E-state index in [1.807, 2.05) is 36.4 Å². The molecule has 0 radical (unpaired) electrons. The van der Waals surface area contributed by atoms with Crippen LogP contribution in [0.5, 0.6) is 34.5 Å². The van der Waals surface area contributed by atoms with E-state index < -0.39 is 0 Å². The summed E-state index contributed by atoms with van der Waals surface area (Å²) < 4.78 is 35.7. The Balaban J connectivity index is 0.000000219. The zero-order chi connectivity index (χ0) is 52.9. The molecule has 0 unspecified atom stereocenters. The van der Waals surface area contributed by atoms with Crippen LogP contribution in [-0.4, -0.2) is 17.5 Å². The molecule has 8 aromatic carbocycles. The van der Waals surface area contributed by atoms with Crippen LogP contribution in [0.25, 0.3) is 4.85 Å². The summed E-state index contributed by atoms with van der Waals surface area (Å²) in [6.07, 6.45) is 0. The van der Waals surface area contributed by atoms with Crippen molar-refractivity contribution in [2.75, 3.05) is 0 Å². The molecule has 0 aromatic heterocycles. The first-order valence-electron chi connectivity index (χ1n) is 23.2. The van der Waals surface area contributed by atoms with Crippen LogP contribution in [0.1, 0.15) is 61.2 Å². The Bertz CT molecular complexity index is 2980. The molecule has 9 N–H and O–H groups in total. The Kier molecular flexibility index (Phi) is 18.2. The maximum Gasteiger partial charge on any atom is 0.187 e. The number of nitrogens with two attached hydrogens (primary N) is 3. The Morgan fingerprint density at radius 1 is 0.360 bits per heavy atom. The maximum absolute atomic E-state index is 8.97. The van der Waals surface area contributed by atoms with Crippen molar-refractivity contribution < 1.29 is 28.4 Å². The summed E-state index contributed by atoms with van der Waals surface area (Å²) in [7, 11) is 0. The van der Waals surface area contributed by atoms with E-state index in [1.165, 1.54) is 0 Å². The highest BCUT2D eigenvalue weighted by Crippen LogP contribution is 2.24. The van der Waals surface area contributed by atoms with E-state index in [2.05, 4.69) is 17.0 Å². The molecule has 0 atom stereocenters. The highest BCUT2D eigenvalue weighted by Gasteiger charge is 2.10. The van der Waals surface area contributed by atoms with Gasteiger partial charge in [-0.25, -0.2) is 4.85 Å². The zero-order valence-electron chi connectivity index (χ0n) is 40.6. The fraction of sp³-hybridized carbons (Fsp3) is 0.100. The second-order valence-electron chi connectivity index (χ2n) is 16.7. The molecule has 0 saturated carbocycles. The van der Waals surface area contributed by atoms with Gasteiger partial charge in [0.2, 0.25) is 0 Å². The lowest BCUT2D eigenvalue weighted by Crippen LogP contribution is -2.10. The number of amidine groups is 3. The van der Waals surface area contributed by atoms with E-state index >= 15 is 0 Å². The second-order valence-corrected chi connectivity index (χ2v) is 16.7. The number of nitrogens with zero attached hydrogens (tertiary/aromatic N) is 3. The van der Waals surface area contributed by atoms with Gasteiger partial charge >= 0.3 is 0 Å². The van der Waals surface area contributed by atoms with Crippen molar-refractivity contribution in [3.8, 4) is 46.6 Å². The van der Waals surface area contributed by atoms with Gasteiger partial charge in [-0.05, 0) is 203 Å². The van der Waals surface area contributed by atoms with Gasteiger partial charge in [-0.2, -0.15) is 10.5 Å². The topological polar surface area (TPSA) is 257 Å². The molecule has 0 fully saturated rings. The average molecular weight is 994 g/mol. The molecular weight excluding hydrogens is 943 g/mol. The number of nitriles is 2. The van der Waals surface area contributed by atoms with Gasteiger partial charge in [-0.3, -0.25) is 16.2 Å². The van der Waals surface area contributed by atoms with Gasteiger partial charge in [-0.1, -0.05) is 12.1 Å². The van der Waals surface area contributed by atoms with Crippen LogP contribution in [0.4, 0.5) is 5.69 Å². The number of rotatable bonds is 21. The Morgan fingerprint density at radius 2 is 0.560 bits per heavy atom. The maximum atomic E-state index is 8.97. The molecule has 15 heteroatoms. The Labute approximate surface area is 434 Å². The van der Waals surface area contributed by atoms with Gasteiger partial charge in [-0.15, -0.1) is 0 Å². The third-order valence-corrected chi connectivity index (χ3v) is 11.1.